The van der Waals surface area contributed by atoms with E-state index in [9.17, 15) is 0 Å². The van der Waals surface area contributed by atoms with E-state index < -0.39 is 0 Å². The first-order chi connectivity index (χ1) is 11.3. The lowest BCUT2D eigenvalue weighted by atomic mass is 9.99. The molecule has 0 saturated heterocycles. The molecule has 0 aliphatic carbocycles. The zero-order chi connectivity index (χ0) is 16.2. The topological polar surface area (TPSA) is 44.5 Å². The Morgan fingerprint density at radius 1 is 0.870 bits per heavy atom. The van der Waals surface area contributed by atoms with E-state index in [0.717, 1.165) is 33.9 Å². The Bertz CT molecular complexity index is 779. The molecule has 1 heterocycles. The van der Waals surface area contributed by atoms with Gasteiger partial charge in [0.05, 0.1) is 25.7 Å². The molecule has 0 radical (unpaired) electrons. The summed E-state index contributed by atoms with van der Waals surface area (Å²) in [6.07, 6.45) is 0. The summed E-state index contributed by atoms with van der Waals surface area (Å²) in [7, 11) is 3.28. The van der Waals surface area contributed by atoms with Gasteiger partial charge in [0.1, 0.15) is 17.2 Å². The van der Waals surface area contributed by atoms with Crippen molar-refractivity contribution >= 4 is 11.6 Å². The summed E-state index contributed by atoms with van der Waals surface area (Å²) in [5.41, 5.74) is 3.58. The van der Waals surface area contributed by atoms with Crippen LogP contribution in [0.25, 0.3) is 22.4 Å². The van der Waals surface area contributed by atoms with Gasteiger partial charge in [0.25, 0.3) is 0 Å². The van der Waals surface area contributed by atoms with Crippen LogP contribution in [-0.2, 0) is 5.88 Å². The van der Waals surface area contributed by atoms with Crippen molar-refractivity contribution in [1.82, 2.24) is 5.16 Å². The largest absolute Gasteiger partial charge is 0.497 e. The van der Waals surface area contributed by atoms with Gasteiger partial charge in [-0.05, 0) is 42.0 Å². The highest BCUT2D eigenvalue weighted by Gasteiger charge is 2.18. The predicted molar refractivity (Wildman–Crippen MR) is 90.0 cm³/mol. The minimum Gasteiger partial charge on any atom is -0.497 e. The Morgan fingerprint density at radius 2 is 1.39 bits per heavy atom. The number of halogens is 1. The standard InChI is InChI=1S/C18H16ClNO3/c1-21-14-7-3-12(4-8-14)17-16(11-19)23-20-18(17)13-5-9-15(22-2)10-6-13/h3-10H,11H2,1-2H3. The fraction of sp³-hybridized carbons (Fsp3) is 0.167. The molecule has 1 aromatic heterocycles. The lowest BCUT2D eigenvalue weighted by molar-refractivity contribution is 0.397. The highest BCUT2D eigenvalue weighted by atomic mass is 35.5. The average Bonchev–Trinajstić information content (AvgIpc) is 3.06. The predicted octanol–water partition coefficient (Wildman–Crippen LogP) is 4.76. The number of hydrogen-bond acceptors (Lipinski definition) is 4. The van der Waals surface area contributed by atoms with Gasteiger partial charge in [-0.2, -0.15) is 0 Å². The van der Waals surface area contributed by atoms with Gasteiger partial charge >= 0.3 is 0 Å². The Labute approximate surface area is 139 Å². The first kappa shape index (κ1) is 15.4. The summed E-state index contributed by atoms with van der Waals surface area (Å²) >= 11 is 6.01. The van der Waals surface area contributed by atoms with Crippen LogP contribution in [0, 0.1) is 0 Å². The maximum absolute atomic E-state index is 6.01. The first-order valence-electron chi connectivity index (χ1n) is 7.10. The van der Waals surface area contributed by atoms with Crippen LogP contribution in [0.2, 0.25) is 0 Å². The van der Waals surface area contributed by atoms with Crippen molar-refractivity contribution < 1.29 is 14.0 Å². The van der Waals surface area contributed by atoms with Crippen molar-refractivity contribution in [1.29, 1.82) is 0 Å². The highest BCUT2D eigenvalue weighted by Crippen LogP contribution is 2.36. The molecule has 118 valence electrons. The van der Waals surface area contributed by atoms with Gasteiger partial charge in [0.15, 0.2) is 5.76 Å². The molecule has 3 aromatic rings. The molecule has 0 atom stereocenters. The van der Waals surface area contributed by atoms with E-state index in [1.165, 1.54) is 0 Å². The van der Waals surface area contributed by atoms with Crippen molar-refractivity contribution in [2.75, 3.05) is 14.2 Å². The van der Waals surface area contributed by atoms with E-state index in [1.807, 2.05) is 48.5 Å². The highest BCUT2D eigenvalue weighted by molar-refractivity contribution is 6.17. The van der Waals surface area contributed by atoms with Gasteiger partial charge in [-0.15, -0.1) is 11.6 Å². The fourth-order valence-electron chi connectivity index (χ4n) is 2.42. The Balaban J connectivity index is 2.08. The molecule has 0 unspecified atom stereocenters. The molecular weight excluding hydrogens is 314 g/mol. The number of rotatable bonds is 5. The molecule has 0 spiro atoms. The summed E-state index contributed by atoms with van der Waals surface area (Å²) < 4.78 is 15.8. The minimum atomic E-state index is 0.254. The third-order valence-corrected chi connectivity index (χ3v) is 3.87. The first-order valence-corrected chi connectivity index (χ1v) is 7.63. The van der Waals surface area contributed by atoms with Crippen molar-refractivity contribution in [3.05, 3.63) is 54.3 Å². The summed E-state index contributed by atoms with van der Waals surface area (Å²) in [6.45, 7) is 0. The summed E-state index contributed by atoms with van der Waals surface area (Å²) in [5.74, 6) is 2.48. The molecule has 3 rings (SSSR count). The molecule has 0 aliphatic heterocycles. The quantitative estimate of drug-likeness (QED) is 0.633. The second-order valence-electron chi connectivity index (χ2n) is 4.92. The molecular formula is C18H16ClNO3. The third-order valence-electron chi connectivity index (χ3n) is 3.63. The smallest absolute Gasteiger partial charge is 0.159 e. The van der Waals surface area contributed by atoms with E-state index in [4.69, 9.17) is 25.6 Å². The summed E-state index contributed by atoms with van der Waals surface area (Å²) in [6, 6.07) is 15.4. The molecule has 2 aromatic carbocycles. The van der Waals surface area contributed by atoms with Crippen molar-refractivity contribution in [2.24, 2.45) is 0 Å². The molecule has 0 N–H and O–H groups in total. The zero-order valence-electron chi connectivity index (χ0n) is 12.9. The van der Waals surface area contributed by atoms with Gasteiger partial charge in [-0.25, -0.2) is 0 Å². The van der Waals surface area contributed by atoms with E-state index in [1.54, 1.807) is 14.2 Å². The zero-order valence-corrected chi connectivity index (χ0v) is 13.6. The van der Waals surface area contributed by atoms with E-state index in [0.29, 0.717) is 5.76 Å². The maximum Gasteiger partial charge on any atom is 0.159 e. The van der Waals surface area contributed by atoms with Gasteiger partial charge in [-0.3, -0.25) is 0 Å². The lowest BCUT2D eigenvalue weighted by Gasteiger charge is -2.06. The number of benzene rings is 2. The summed E-state index contributed by atoms with van der Waals surface area (Å²) in [4.78, 5) is 0. The maximum atomic E-state index is 6.01. The normalized spacial score (nSPS) is 10.6. The second kappa shape index (κ2) is 6.75. The van der Waals surface area contributed by atoms with Crippen molar-refractivity contribution in [3.63, 3.8) is 0 Å². The number of aromatic nitrogens is 1. The SMILES string of the molecule is COc1ccc(-c2noc(CCl)c2-c2ccc(OC)cc2)cc1. The Morgan fingerprint density at radius 3 is 1.87 bits per heavy atom. The van der Waals surface area contributed by atoms with Crippen LogP contribution < -0.4 is 9.47 Å². The number of ether oxygens (including phenoxy) is 2. The van der Waals surface area contributed by atoms with Gasteiger partial charge < -0.3 is 14.0 Å². The Hall–Kier alpha value is -2.46. The van der Waals surface area contributed by atoms with E-state index in [-0.39, 0.29) is 5.88 Å². The molecule has 5 heteroatoms. The molecule has 4 nitrogen and oxygen atoms in total. The fourth-order valence-corrected chi connectivity index (χ4v) is 2.60. The number of alkyl halides is 1. The molecule has 0 fully saturated rings. The van der Waals surface area contributed by atoms with Crippen LogP contribution in [0.1, 0.15) is 5.76 Å². The average molecular weight is 330 g/mol. The van der Waals surface area contributed by atoms with Crippen LogP contribution in [0.3, 0.4) is 0 Å². The third kappa shape index (κ3) is 3.03. The second-order valence-corrected chi connectivity index (χ2v) is 5.19. The molecule has 23 heavy (non-hydrogen) atoms. The minimum absolute atomic E-state index is 0.254. The van der Waals surface area contributed by atoms with Crippen molar-refractivity contribution in [2.45, 2.75) is 5.88 Å². The van der Waals surface area contributed by atoms with Crippen molar-refractivity contribution in [3.8, 4) is 33.9 Å². The van der Waals surface area contributed by atoms with Gasteiger partial charge in [-0.1, -0.05) is 17.3 Å². The van der Waals surface area contributed by atoms with Crippen LogP contribution in [-0.4, -0.2) is 19.4 Å². The molecule has 0 amide bonds. The monoisotopic (exact) mass is 329 g/mol. The van der Waals surface area contributed by atoms with Crippen LogP contribution in [0.15, 0.2) is 53.1 Å². The Kier molecular flexibility index (Phi) is 4.53. The molecule has 0 aliphatic rings. The summed E-state index contributed by atoms with van der Waals surface area (Å²) in [5, 5.41) is 4.20. The van der Waals surface area contributed by atoms with Gasteiger partial charge in [0, 0.05) is 5.56 Å². The van der Waals surface area contributed by atoms with E-state index >= 15 is 0 Å². The van der Waals surface area contributed by atoms with Crippen LogP contribution >= 0.6 is 11.6 Å². The van der Waals surface area contributed by atoms with Crippen LogP contribution in [0.5, 0.6) is 11.5 Å². The molecule has 0 saturated carbocycles. The van der Waals surface area contributed by atoms with Gasteiger partial charge in [0.2, 0.25) is 0 Å². The lowest BCUT2D eigenvalue weighted by Crippen LogP contribution is -1.88. The van der Waals surface area contributed by atoms with E-state index in [2.05, 4.69) is 5.16 Å². The number of hydrogen-bond donors (Lipinski definition) is 0. The van der Waals surface area contributed by atoms with Crippen LogP contribution in [0.4, 0.5) is 0 Å². The number of nitrogens with zero attached hydrogens (tertiary/aromatic N) is 1. The molecule has 0 bridgehead atoms. The number of methoxy groups -OCH3 is 2.